The van der Waals surface area contributed by atoms with E-state index < -0.39 is 0 Å². The average molecular weight is 557 g/mol. The number of fused-ring (bicyclic) bond motifs is 3. The van der Waals surface area contributed by atoms with Crippen LogP contribution in [0.25, 0.3) is 0 Å². The van der Waals surface area contributed by atoms with Crippen molar-refractivity contribution in [1.82, 2.24) is 0 Å². The van der Waals surface area contributed by atoms with Crippen LogP contribution in [-0.4, -0.2) is 65.1 Å². The molecule has 0 spiro atoms. The SMILES string of the molecule is COc1cc2c(cc1C)OCCO2.COc1cc2c(cc1O)OCCO2.Cc1ccc2c(c1)OCCO2.O=C=O. The van der Waals surface area contributed by atoms with Gasteiger partial charge in [0, 0.05) is 18.2 Å². The molecule has 0 aliphatic carbocycles. The maximum Gasteiger partial charge on any atom is 0.373 e. The van der Waals surface area contributed by atoms with Crippen molar-refractivity contribution in [3.63, 3.8) is 0 Å². The Kier molecular flexibility index (Phi) is 11.2. The summed E-state index contributed by atoms with van der Waals surface area (Å²) in [5, 5.41) is 9.41. The Morgan fingerprint density at radius 3 is 1.50 bits per heavy atom. The van der Waals surface area contributed by atoms with Crippen molar-refractivity contribution in [3.05, 3.63) is 53.6 Å². The van der Waals surface area contributed by atoms with Crippen molar-refractivity contribution in [2.24, 2.45) is 0 Å². The lowest BCUT2D eigenvalue weighted by atomic mass is 10.2. The fourth-order valence-corrected chi connectivity index (χ4v) is 3.77. The second-order valence-electron chi connectivity index (χ2n) is 8.36. The molecular formula is C29H32O11. The van der Waals surface area contributed by atoms with Crippen LogP contribution in [-0.2, 0) is 9.59 Å². The molecule has 3 aromatic rings. The zero-order valence-corrected chi connectivity index (χ0v) is 22.8. The van der Waals surface area contributed by atoms with Gasteiger partial charge in [0.05, 0.1) is 14.2 Å². The van der Waals surface area contributed by atoms with Gasteiger partial charge in [-0.2, -0.15) is 9.59 Å². The maximum atomic E-state index is 9.41. The Bertz CT molecular complexity index is 1230. The van der Waals surface area contributed by atoms with E-state index in [9.17, 15) is 5.11 Å². The smallest absolute Gasteiger partial charge is 0.373 e. The first-order valence-corrected chi connectivity index (χ1v) is 12.4. The highest BCUT2D eigenvalue weighted by Crippen LogP contribution is 2.40. The van der Waals surface area contributed by atoms with Crippen LogP contribution in [0, 0.1) is 13.8 Å². The predicted octanol–water partition coefficient (Wildman–Crippen LogP) is 4.13. The van der Waals surface area contributed by atoms with Crippen LogP contribution >= 0.6 is 0 Å². The molecule has 11 heteroatoms. The zero-order chi connectivity index (χ0) is 28.9. The molecule has 6 rings (SSSR count). The molecule has 0 aromatic heterocycles. The van der Waals surface area contributed by atoms with Crippen molar-refractivity contribution in [2.45, 2.75) is 13.8 Å². The molecule has 3 aliphatic rings. The molecule has 11 nitrogen and oxygen atoms in total. The minimum atomic E-state index is 0.0618. The third-order valence-corrected chi connectivity index (χ3v) is 5.60. The Labute approximate surface area is 232 Å². The molecule has 0 saturated carbocycles. The van der Waals surface area contributed by atoms with Crippen molar-refractivity contribution >= 4 is 6.15 Å². The van der Waals surface area contributed by atoms with Crippen molar-refractivity contribution in [2.75, 3.05) is 53.9 Å². The van der Waals surface area contributed by atoms with Crippen LogP contribution in [0.1, 0.15) is 11.1 Å². The first-order chi connectivity index (χ1) is 19.4. The standard InChI is InChI=1S/C10H12O3.C9H10O4.C9H10O2.CO2/c1-7-5-9-10(6-8(7)11-2)13-4-3-12-9;1-11-7-5-9-8(4-6(7)10)12-2-3-13-9;1-7-2-3-8-9(6-7)11-5-4-10-8;2-1-3/h5-6H,3-4H2,1-2H3;4-5,10H,2-3H2,1H3;2-3,6H,4-5H2,1H3;. The normalized spacial score (nSPS) is 13.3. The molecule has 0 amide bonds. The molecule has 0 unspecified atom stereocenters. The predicted molar refractivity (Wildman–Crippen MR) is 142 cm³/mol. The Morgan fingerprint density at radius 2 is 1.00 bits per heavy atom. The van der Waals surface area contributed by atoms with Gasteiger partial charge in [-0.1, -0.05) is 6.07 Å². The Hall–Kier alpha value is -4.76. The number of hydrogen-bond donors (Lipinski definition) is 1. The lowest BCUT2D eigenvalue weighted by molar-refractivity contribution is -0.191. The van der Waals surface area contributed by atoms with Crippen LogP contribution in [0.3, 0.4) is 0 Å². The molecule has 0 radical (unpaired) electrons. The number of benzene rings is 3. The second-order valence-corrected chi connectivity index (χ2v) is 8.36. The summed E-state index contributed by atoms with van der Waals surface area (Å²) >= 11 is 0. The number of rotatable bonds is 2. The third kappa shape index (κ3) is 8.12. The van der Waals surface area contributed by atoms with E-state index in [0.29, 0.717) is 56.9 Å². The summed E-state index contributed by atoms with van der Waals surface area (Å²) in [7, 11) is 3.14. The van der Waals surface area contributed by atoms with Crippen LogP contribution in [0.2, 0.25) is 0 Å². The van der Waals surface area contributed by atoms with E-state index in [2.05, 4.69) is 0 Å². The lowest BCUT2D eigenvalue weighted by Crippen LogP contribution is -2.15. The highest BCUT2D eigenvalue weighted by atomic mass is 16.6. The van der Waals surface area contributed by atoms with Crippen LogP contribution < -0.4 is 37.9 Å². The molecule has 214 valence electrons. The molecule has 3 aromatic carbocycles. The number of aryl methyl sites for hydroxylation is 2. The molecule has 0 saturated heterocycles. The molecule has 0 atom stereocenters. The summed E-state index contributed by atoms with van der Waals surface area (Å²) in [6.45, 7) is 7.62. The fourth-order valence-electron chi connectivity index (χ4n) is 3.77. The monoisotopic (exact) mass is 556 g/mol. The number of phenols is 1. The van der Waals surface area contributed by atoms with Gasteiger partial charge in [0.1, 0.15) is 45.4 Å². The molecule has 1 N–H and O–H groups in total. The summed E-state index contributed by atoms with van der Waals surface area (Å²) in [6.07, 6.45) is 0.250. The highest BCUT2D eigenvalue weighted by molar-refractivity contribution is 5.54. The van der Waals surface area contributed by atoms with E-state index in [0.717, 1.165) is 34.3 Å². The highest BCUT2D eigenvalue weighted by Gasteiger charge is 2.16. The Morgan fingerprint density at radius 1 is 0.600 bits per heavy atom. The second kappa shape index (κ2) is 15.0. The quantitative estimate of drug-likeness (QED) is 0.489. The summed E-state index contributed by atoms with van der Waals surface area (Å²) in [4.78, 5) is 16.2. The molecule has 0 fully saturated rings. The summed E-state index contributed by atoms with van der Waals surface area (Å²) in [5.41, 5.74) is 2.26. The molecule has 3 aliphatic heterocycles. The van der Waals surface area contributed by atoms with E-state index in [1.54, 1.807) is 13.2 Å². The van der Waals surface area contributed by atoms with Crippen LogP contribution in [0.15, 0.2) is 42.5 Å². The number of ether oxygens (including phenoxy) is 8. The minimum Gasteiger partial charge on any atom is -0.504 e. The van der Waals surface area contributed by atoms with Crippen LogP contribution in [0.5, 0.6) is 51.7 Å². The van der Waals surface area contributed by atoms with Crippen molar-refractivity contribution in [1.29, 1.82) is 0 Å². The lowest BCUT2D eigenvalue weighted by Gasteiger charge is -2.19. The molecule has 3 heterocycles. The number of carbonyl (C=O) groups excluding carboxylic acids is 2. The largest absolute Gasteiger partial charge is 0.504 e. The summed E-state index contributed by atoms with van der Waals surface area (Å²) < 4.78 is 42.2. The number of phenolic OH excluding ortho intramolecular Hbond substituents is 1. The van der Waals surface area contributed by atoms with E-state index in [-0.39, 0.29) is 11.9 Å². The van der Waals surface area contributed by atoms with Gasteiger partial charge in [-0.15, -0.1) is 0 Å². The third-order valence-electron chi connectivity index (χ3n) is 5.60. The number of aromatic hydroxyl groups is 1. The molecular weight excluding hydrogens is 524 g/mol. The van der Waals surface area contributed by atoms with Crippen molar-refractivity contribution < 1.29 is 52.6 Å². The van der Waals surface area contributed by atoms with Gasteiger partial charge in [0.15, 0.2) is 46.0 Å². The van der Waals surface area contributed by atoms with Crippen molar-refractivity contribution in [3.8, 4) is 51.7 Å². The minimum absolute atomic E-state index is 0.0618. The van der Waals surface area contributed by atoms with E-state index in [4.69, 9.17) is 47.5 Å². The average Bonchev–Trinajstić information content (AvgIpc) is 2.97. The Balaban J connectivity index is 0.000000158. The number of hydrogen-bond acceptors (Lipinski definition) is 11. The summed E-state index contributed by atoms with van der Waals surface area (Å²) in [5.74, 6) is 5.78. The first-order valence-electron chi connectivity index (χ1n) is 12.4. The van der Waals surface area contributed by atoms with Gasteiger partial charge in [0.25, 0.3) is 0 Å². The summed E-state index contributed by atoms with van der Waals surface area (Å²) in [6, 6.07) is 12.9. The van der Waals surface area contributed by atoms with Gasteiger partial charge in [-0.25, -0.2) is 0 Å². The van der Waals surface area contributed by atoms with E-state index in [1.165, 1.54) is 18.7 Å². The number of methoxy groups -OCH3 is 2. The molecule has 0 bridgehead atoms. The van der Waals surface area contributed by atoms with Gasteiger partial charge >= 0.3 is 6.15 Å². The maximum absolute atomic E-state index is 9.41. The van der Waals surface area contributed by atoms with E-state index >= 15 is 0 Å². The fraction of sp³-hybridized carbons (Fsp3) is 0.345. The van der Waals surface area contributed by atoms with Crippen LogP contribution in [0.4, 0.5) is 0 Å². The van der Waals surface area contributed by atoms with Gasteiger partial charge in [-0.05, 0) is 43.2 Å². The van der Waals surface area contributed by atoms with E-state index in [1.807, 2.05) is 44.2 Å². The molecule has 40 heavy (non-hydrogen) atoms. The first kappa shape index (κ1) is 29.8. The van der Waals surface area contributed by atoms with Gasteiger partial charge in [0.2, 0.25) is 0 Å². The van der Waals surface area contributed by atoms with Gasteiger partial charge in [-0.3, -0.25) is 0 Å². The zero-order valence-electron chi connectivity index (χ0n) is 22.8. The topological polar surface area (TPSA) is 128 Å². The van der Waals surface area contributed by atoms with Gasteiger partial charge < -0.3 is 43.0 Å².